The fourth-order valence-corrected chi connectivity index (χ4v) is 6.83. The number of esters is 2. The quantitative estimate of drug-likeness (QED) is 0.0511. The molecular formula is C49H67F2N5O10. The number of carbonyl (C=O) groups is 7. The number of ketones is 1. The predicted octanol–water partition coefficient (Wildman–Crippen LogP) is 6.57. The lowest BCUT2D eigenvalue weighted by Crippen LogP contribution is -2.59. The smallest absolute Gasteiger partial charge is 0.308 e. The van der Waals surface area contributed by atoms with Crippen LogP contribution in [0.4, 0.5) is 8.78 Å². The zero-order valence-corrected chi connectivity index (χ0v) is 40.4. The van der Waals surface area contributed by atoms with E-state index >= 15 is 0 Å². The highest BCUT2D eigenvalue weighted by molar-refractivity contribution is 5.96. The molecule has 1 heterocycles. The average molecular weight is 924 g/mol. The molecule has 0 radical (unpaired) electrons. The minimum Gasteiger partial charge on any atom is -0.482 e. The topological polar surface area (TPSA) is 208 Å². The van der Waals surface area contributed by atoms with E-state index in [-0.39, 0.29) is 24.5 Å². The normalized spacial score (nSPS) is 13.7. The number of hydrogen-bond acceptors (Lipinski definition) is 11. The van der Waals surface area contributed by atoms with Crippen molar-refractivity contribution in [3.63, 3.8) is 0 Å². The summed E-state index contributed by atoms with van der Waals surface area (Å²) in [6.07, 6.45) is -0.646. The van der Waals surface area contributed by atoms with Crippen LogP contribution >= 0.6 is 0 Å². The maximum Gasteiger partial charge on any atom is 0.308 e. The Morgan fingerprint density at radius 2 is 1.21 bits per heavy atom. The number of aromatic nitrogens is 1. The molecule has 0 saturated heterocycles. The molecular weight excluding hydrogens is 857 g/mol. The van der Waals surface area contributed by atoms with Gasteiger partial charge in [-0.3, -0.25) is 33.6 Å². The van der Waals surface area contributed by atoms with Crippen LogP contribution in [-0.4, -0.2) is 90.3 Å². The molecule has 0 saturated carbocycles. The van der Waals surface area contributed by atoms with E-state index < -0.39 is 106 Å². The number of nitrogens with one attached hydrogen (secondary N) is 4. The van der Waals surface area contributed by atoms with Crippen LogP contribution in [0.2, 0.25) is 0 Å². The van der Waals surface area contributed by atoms with Gasteiger partial charge in [0.1, 0.15) is 29.4 Å². The first-order chi connectivity index (χ1) is 30.6. The molecule has 0 fully saturated rings. The van der Waals surface area contributed by atoms with E-state index in [1.807, 2.05) is 44.2 Å². The Hall–Kier alpha value is -6.26. The molecule has 15 nitrogen and oxygen atoms in total. The van der Waals surface area contributed by atoms with Crippen molar-refractivity contribution in [2.75, 3.05) is 14.2 Å². The van der Waals surface area contributed by atoms with Crippen LogP contribution in [0.15, 0.2) is 66.7 Å². The largest absolute Gasteiger partial charge is 0.482 e. The average Bonchev–Trinajstić information content (AvgIpc) is 3.24. The minimum atomic E-state index is -1.33. The lowest BCUT2D eigenvalue weighted by molar-refractivity contribution is -0.144. The highest BCUT2D eigenvalue weighted by Crippen LogP contribution is 2.39. The Labute approximate surface area is 386 Å². The molecule has 4 amide bonds. The molecule has 17 heteroatoms. The summed E-state index contributed by atoms with van der Waals surface area (Å²) in [4.78, 5) is 92.9. The first-order valence-electron chi connectivity index (χ1n) is 21.7. The third-order valence-electron chi connectivity index (χ3n) is 11.0. The first-order valence-corrected chi connectivity index (χ1v) is 21.7. The number of para-hydroxylation sites is 2. The fourth-order valence-electron chi connectivity index (χ4n) is 6.83. The monoisotopic (exact) mass is 923 g/mol. The van der Waals surface area contributed by atoms with Crippen LogP contribution in [0.5, 0.6) is 5.75 Å². The Balaban J connectivity index is 0.000000970. The van der Waals surface area contributed by atoms with Crippen molar-refractivity contribution in [1.82, 2.24) is 26.3 Å². The van der Waals surface area contributed by atoms with Crippen LogP contribution in [0.3, 0.4) is 0 Å². The summed E-state index contributed by atoms with van der Waals surface area (Å²) in [6.45, 7) is 22.6. The molecule has 4 N–H and O–H groups in total. The zero-order valence-electron chi connectivity index (χ0n) is 40.4. The highest BCUT2D eigenvalue weighted by Gasteiger charge is 2.39. The first kappa shape index (κ1) is 55.9. The van der Waals surface area contributed by atoms with Gasteiger partial charge >= 0.3 is 11.9 Å². The van der Waals surface area contributed by atoms with E-state index in [0.29, 0.717) is 11.3 Å². The number of ether oxygens (including phenoxy) is 3. The van der Waals surface area contributed by atoms with Gasteiger partial charge in [-0.05, 0) is 74.3 Å². The molecule has 0 spiro atoms. The van der Waals surface area contributed by atoms with Gasteiger partial charge in [0.2, 0.25) is 23.6 Å². The van der Waals surface area contributed by atoms with Crippen LogP contribution in [-0.2, 0) is 38.2 Å². The van der Waals surface area contributed by atoms with E-state index in [1.165, 1.54) is 27.0 Å². The molecule has 0 aliphatic heterocycles. The van der Waals surface area contributed by atoms with Gasteiger partial charge in [0.05, 0.1) is 38.6 Å². The molecule has 2 unspecified atom stereocenters. The summed E-state index contributed by atoms with van der Waals surface area (Å²) in [7, 11) is 2.33. The van der Waals surface area contributed by atoms with Gasteiger partial charge in [0, 0.05) is 18.2 Å². The second-order valence-corrected chi connectivity index (χ2v) is 18.1. The number of carbonyl (C=O) groups excluding carboxylic acids is 7. The van der Waals surface area contributed by atoms with E-state index in [4.69, 9.17) is 14.2 Å². The van der Waals surface area contributed by atoms with Crippen LogP contribution in [0.25, 0.3) is 10.9 Å². The number of benzene rings is 2. The molecule has 3 rings (SSSR count). The number of amides is 4. The molecule has 2 aromatic carbocycles. The summed E-state index contributed by atoms with van der Waals surface area (Å²) in [5.41, 5.74) is -0.259. The summed E-state index contributed by atoms with van der Waals surface area (Å²) >= 11 is 0. The van der Waals surface area contributed by atoms with Crippen molar-refractivity contribution >= 4 is 52.3 Å². The second-order valence-electron chi connectivity index (χ2n) is 18.1. The summed E-state index contributed by atoms with van der Waals surface area (Å²) < 4.78 is 44.0. The van der Waals surface area contributed by atoms with Crippen LogP contribution in [0.1, 0.15) is 106 Å². The Morgan fingerprint density at radius 1 is 0.667 bits per heavy atom. The highest BCUT2D eigenvalue weighted by atomic mass is 19.1. The van der Waals surface area contributed by atoms with Crippen molar-refractivity contribution in [2.24, 2.45) is 23.2 Å². The van der Waals surface area contributed by atoms with Crippen molar-refractivity contribution in [3.8, 4) is 5.75 Å². The number of fused-ring (bicyclic) bond motifs is 1. The van der Waals surface area contributed by atoms with E-state index in [9.17, 15) is 42.3 Å². The van der Waals surface area contributed by atoms with Crippen molar-refractivity contribution in [1.29, 1.82) is 0 Å². The van der Waals surface area contributed by atoms with Gasteiger partial charge in [-0.25, -0.2) is 13.8 Å². The van der Waals surface area contributed by atoms with E-state index in [0.717, 1.165) is 30.1 Å². The van der Waals surface area contributed by atoms with Gasteiger partial charge in [-0.15, -0.1) is 0 Å². The molecule has 3 aromatic rings. The van der Waals surface area contributed by atoms with E-state index in [2.05, 4.69) is 32.8 Å². The number of methoxy groups -OCH3 is 2. The van der Waals surface area contributed by atoms with Crippen LogP contribution < -0.4 is 26.0 Å². The maximum atomic E-state index is 14.4. The molecule has 1 aromatic heterocycles. The van der Waals surface area contributed by atoms with Gasteiger partial charge in [0.25, 0.3) is 0 Å². The Kier molecular flexibility index (Phi) is 21.1. The van der Waals surface area contributed by atoms with Gasteiger partial charge in [-0.2, -0.15) is 0 Å². The second kappa shape index (κ2) is 24.9. The number of hydrogen-bond donors (Lipinski definition) is 4. The summed E-state index contributed by atoms with van der Waals surface area (Å²) in [5, 5.41) is 11.5. The van der Waals surface area contributed by atoms with Crippen LogP contribution in [0, 0.1) is 34.8 Å². The van der Waals surface area contributed by atoms with E-state index in [1.54, 1.807) is 54.5 Å². The zero-order chi connectivity index (χ0) is 50.3. The van der Waals surface area contributed by atoms with Crippen molar-refractivity contribution in [3.05, 3.63) is 84.1 Å². The maximum absolute atomic E-state index is 14.4. The molecule has 362 valence electrons. The minimum absolute atomic E-state index is 0.00533. The molecule has 0 aliphatic rings. The predicted molar refractivity (Wildman–Crippen MR) is 246 cm³/mol. The standard InChI is InChI=1S/C38H58F2N4O9.C11H9NO/c1-20(2)22(5)33(47)43-28(18-30(46)52-13)35(49)44-31(21(3)4)36(50)41-24(7)34(48)42-27(17-29(45)51-12)23(6)37(8,9)19-38(10,11)53-32-25(39)15-14-16-26(32)40;1-8(13)10-7-6-9-4-2-3-5-11(9)12-10/h14-16,20-22,24,27-28,31H,6,17-19H2,1-5,7-13H3,(H,41,50)(H,42,48)(H,43,47)(H,44,49);2-7H,1H3/t22-,24?,27-,28?,31-;/m0./s1. The van der Waals surface area contributed by atoms with Crippen molar-refractivity contribution < 1.29 is 56.6 Å². The summed E-state index contributed by atoms with van der Waals surface area (Å²) in [5.74, 6) is -7.37. The SMILES string of the molecule is C=C([C@H](CC(=O)OC)NC(=O)C(C)NC(=O)[C@@H](NC(=O)C(CC(=O)OC)NC(=O)[C@@H](C)C(C)C)C(C)C)C(C)(C)CC(C)(C)Oc1c(F)cccc1F.CC(=O)c1ccc2ccccc2n1. The Morgan fingerprint density at radius 3 is 1.74 bits per heavy atom. The number of halogens is 2. The van der Waals surface area contributed by atoms with Gasteiger partial charge in [-0.1, -0.05) is 85.4 Å². The number of nitrogens with zero attached hydrogens (tertiary/aromatic N) is 1. The number of Topliss-reactive ketones (excluding diaryl/α,β-unsaturated/α-hetero) is 1. The molecule has 0 bridgehead atoms. The Bertz CT molecular complexity index is 2210. The number of rotatable bonds is 21. The fraction of sp³-hybridized carbons (Fsp3) is 0.510. The number of pyridine rings is 1. The van der Waals surface area contributed by atoms with Crippen molar-refractivity contribution in [2.45, 2.75) is 125 Å². The van der Waals surface area contributed by atoms with Gasteiger partial charge < -0.3 is 35.5 Å². The summed E-state index contributed by atoms with van der Waals surface area (Å²) in [6, 6.07) is 10.1. The molecule has 5 atom stereocenters. The lowest BCUT2D eigenvalue weighted by atomic mass is 9.73. The lowest BCUT2D eigenvalue weighted by Gasteiger charge is -2.39. The molecule has 66 heavy (non-hydrogen) atoms. The molecule has 0 aliphatic carbocycles. The third-order valence-corrected chi connectivity index (χ3v) is 11.0. The third kappa shape index (κ3) is 16.9. The van der Waals surface area contributed by atoms with Gasteiger partial charge in [0.15, 0.2) is 23.2 Å².